The lowest BCUT2D eigenvalue weighted by atomic mass is 10.0. The number of hydrogen-bond donors (Lipinski definition) is 3. The van der Waals surface area contributed by atoms with Gasteiger partial charge in [-0.2, -0.15) is 0 Å². The average Bonchev–Trinajstić information content (AvgIpc) is 3.15. The number of unbranched alkanes of at least 4 members (excludes halogenated alkanes) is 34. The summed E-state index contributed by atoms with van der Waals surface area (Å²) in [6.45, 7) is 4.31. The van der Waals surface area contributed by atoms with Crippen LogP contribution in [0, 0.1) is 0 Å². The maximum Gasteiger partial charge on any atom is 0.220 e. The zero-order valence-corrected chi connectivity index (χ0v) is 35.3. The number of nitrogens with one attached hydrogen (secondary N) is 1. The highest BCUT2D eigenvalue weighted by Crippen LogP contribution is 2.16. The average molecular weight is 732 g/mol. The molecule has 0 aliphatic heterocycles. The van der Waals surface area contributed by atoms with Crippen molar-refractivity contribution in [2.24, 2.45) is 0 Å². The first-order valence-corrected chi connectivity index (χ1v) is 23.6. The number of amides is 1. The molecule has 0 fully saturated rings. The Balaban J connectivity index is 3.50. The van der Waals surface area contributed by atoms with E-state index in [4.69, 9.17) is 0 Å². The minimum Gasteiger partial charge on any atom is -0.394 e. The van der Waals surface area contributed by atoms with Gasteiger partial charge in [0, 0.05) is 6.42 Å². The molecule has 1 amide bonds. The zero-order chi connectivity index (χ0) is 37.8. The number of rotatable bonds is 43. The van der Waals surface area contributed by atoms with Gasteiger partial charge < -0.3 is 15.5 Å². The molecule has 0 bridgehead atoms. The molecule has 4 heteroatoms. The van der Waals surface area contributed by atoms with E-state index in [1.807, 2.05) is 6.08 Å². The van der Waals surface area contributed by atoms with Crippen LogP contribution in [0.3, 0.4) is 0 Å². The van der Waals surface area contributed by atoms with Crippen molar-refractivity contribution in [3.05, 3.63) is 24.3 Å². The molecule has 2 atom stereocenters. The molecule has 52 heavy (non-hydrogen) atoms. The molecule has 0 aromatic rings. The van der Waals surface area contributed by atoms with Gasteiger partial charge in [0.1, 0.15) is 0 Å². The summed E-state index contributed by atoms with van der Waals surface area (Å²) >= 11 is 0. The highest BCUT2D eigenvalue weighted by molar-refractivity contribution is 5.76. The summed E-state index contributed by atoms with van der Waals surface area (Å²) in [6.07, 6.45) is 57.3. The quantitative estimate of drug-likeness (QED) is 0.0432. The van der Waals surface area contributed by atoms with Crippen molar-refractivity contribution >= 4 is 5.91 Å². The molecule has 0 aliphatic carbocycles. The minimum absolute atomic E-state index is 0.0669. The number of aliphatic hydroxyl groups is 2. The lowest BCUT2D eigenvalue weighted by molar-refractivity contribution is -0.123. The van der Waals surface area contributed by atoms with Crippen molar-refractivity contribution in [3.8, 4) is 0 Å². The minimum atomic E-state index is -0.839. The number of hydrogen-bond acceptors (Lipinski definition) is 3. The van der Waals surface area contributed by atoms with E-state index in [0.29, 0.717) is 6.42 Å². The molecular formula is C48H93NO3. The van der Waals surface area contributed by atoms with Crippen LogP contribution in [0.15, 0.2) is 24.3 Å². The third-order valence-corrected chi connectivity index (χ3v) is 10.9. The number of allylic oxidation sites excluding steroid dienone is 3. The van der Waals surface area contributed by atoms with E-state index >= 15 is 0 Å². The molecule has 0 saturated carbocycles. The number of carbonyl (C=O) groups excluding carboxylic acids is 1. The van der Waals surface area contributed by atoms with Gasteiger partial charge in [-0.15, -0.1) is 0 Å². The maximum atomic E-state index is 12.4. The van der Waals surface area contributed by atoms with E-state index in [2.05, 4.69) is 31.3 Å². The second-order valence-electron chi connectivity index (χ2n) is 16.2. The Morgan fingerprint density at radius 2 is 0.731 bits per heavy atom. The van der Waals surface area contributed by atoms with E-state index < -0.39 is 12.1 Å². The first-order valence-electron chi connectivity index (χ1n) is 23.6. The topological polar surface area (TPSA) is 69.6 Å². The molecule has 0 aliphatic rings. The van der Waals surface area contributed by atoms with Crippen molar-refractivity contribution in [2.75, 3.05) is 6.61 Å². The fraction of sp³-hybridized carbons (Fsp3) is 0.896. The molecule has 0 spiro atoms. The normalized spacial score (nSPS) is 13.1. The van der Waals surface area contributed by atoms with Gasteiger partial charge in [-0.1, -0.05) is 231 Å². The van der Waals surface area contributed by atoms with E-state index in [1.54, 1.807) is 6.08 Å². The second kappa shape index (κ2) is 44.3. The lowest BCUT2D eigenvalue weighted by Crippen LogP contribution is -2.45. The standard InChI is InChI=1S/C48H93NO3/c1-3-5-7-9-11-13-15-17-19-20-21-22-23-24-25-26-27-28-30-31-33-35-37-39-41-43-47(51)46(45-50)49-48(52)44-42-40-38-36-34-32-29-18-16-14-12-10-8-6-4-2/h14,16,41,43,46-47,50-51H,3-13,15,17-40,42,44-45H2,1-2H3,(H,49,52)/b16-14-,43-41+. The highest BCUT2D eigenvalue weighted by Gasteiger charge is 2.17. The predicted molar refractivity (Wildman–Crippen MR) is 230 cm³/mol. The van der Waals surface area contributed by atoms with Gasteiger partial charge in [-0.25, -0.2) is 0 Å². The van der Waals surface area contributed by atoms with Gasteiger partial charge in [-0.05, 0) is 44.9 Å². The molecule has 0 heterocycles. The number of aliphatic hydroxyl groups excluding tert-OH is 2. The zero-order valence-electron chi connectivity index (χ0n) is 35.3. The first-order chi connectivity index (χ1) is 25.7. The van der Waals surface area contributed by atoms with Crippen LogP contribution < -0.4 is 5.32 Å². The van der Waals surface area contributed by atoms with Gasteiger partial charge in [0.05, 0.1) is 18.8 Å². The van der Waals surface area contributed by atoms with Crippen LogP contribution in [-0.2, 0) is 4.79 Å². The van der Waals surface area contributed by atoms with Crippen LogP contribution in [0.5, 0.6) is 0 Å². The van der Waals surface area contributed by atoms with Crippen LogP contribution in [0.25, 0.3) is 0 Å². The van der Waals surface area contributed by atoms with E-state index in [0.717, 1.165) is 25.7 Å². The number of carbonyl (C=O) groups is 1. The Morgan fingerprint density at radius 3 is 1.08 bits per heavy atom. The van der Waals surface area contributed by atoms with Crippen LogP contribution >= 0.6 is 0 Å². The SMILES string of the molecule is CCCCCC/C=C\CCCCCCCCCC(=O)NC(CO)C(O)/C=C/CCCCCCCCCCCCCCCCCCCCCCCCC. The molecule has 308 valence electrons. The van der Waals surface area contributed by atoms with Crippen molar-refractivity contribution in [2.45, 2.75) is 270 Å². The first kappa shape index (κ1) is 50.9. The summed E-state index contributed by atoms with van der Waals surface area (Å²) in [5.74, 6) is -0.0669. The summed E-state index contributed by atoms with van der Waals surface area (Å²) in [6, 6.07) is -0.622. The highest BCUT2D eigenvalue weighted by atomic mass is 16.3. The summed E-state index contributed by atoms with van der Waals surface area (Å²) in [4.78, 5) is 12.4. The van der Waals surface area contributed by atoms with E-state index in [-0.39, 0.29) is 12.5 Å². The van der Waals surface area contributed by atoms with Gasteiger partial charge in [0.25, 0.3) is 0 Å². The third kappa shape index (κ3) is 40.1. The summed E-state index contributed by atoms with van der Waals surface area (Å²) in [7, 11) is 0. The second-order valence-corrected chi connectivity index (χ2v) is 16.2. The smallest absolute Gasteiger partial charge is 0.220 e. The Bertz CT molecular complexity index is 750. The Kier molecular flexibility index (Phi) is 43.3. The monoisotopic (exact) mass is 732 g/mol. The molecule has 3 N–H and O–H groups in total. The van der Waals surface area contributed by atoms with Gasteiger partial charge in [0.2, 0.25) is 5.91 Å². The lowest BCUT2D eigenvalue weighted by Gasteiger charge is -2.20. The van der Waals surface area contributed by atoms with Gasteiger partial charge in [-0.3, -0.25) is 4.79 Å². The van der Waals surface area contributed by atoms with E-state index in [1.165, 1.54) is 212 Å². The molecule has 0 rings (SSSR count). The van der Waals surface area contributed by atoms with Crippen LogP contribution in [-0.4, -0.2) is 34.9 Å². The van der Waals surface area contributed by atoms with Crippen LogP contribution in [0.1, 0.15) is 258 Å². The van der Waals surface area contributed by atoms with Crippen molar-refractivity contribution < 1.29 is 15.0 Å². The van der Waals surface area contributed by atoms with Crippen LogP contribution in [0.2, 0.25) is 0 Å². The molecule has 0 radical (unpaired) electrons. The van der Waals surface area contributed by atoms with Crippen molar-refractivity contribution in [1.29, 1.82) is 0 Å². The Morgan fingerprint density at radius 1 is 0.442 bits per heavy atom. The predicted octanol–water partition coefficient (Wildman–Crippen LogP) is 14.8. The van der Waals surface area contributed by atoms with Crippen LogP contribution in [0.4, 0.5) is 0 Å². The molecule has 0 aromatic carbocycles. The Hall–Kier alpha value is -1.13. The molecule has 0 saturated heterocycles. The maximum absolute atomic E-state index is 12.4. The molecule has 4 nitrogen and oxygen atoms in total. The van der Waals surface area contributed by atoms with Crippen molar-refractivity contribution in [1.82, 2.24) is 5.32 Å². The summed E-state index contributed by atoms with van der Waals surface area (Å²) in [5.41, 5.74) is 0. The largest absolute Gasteiger partial charge is 0.394 e. The van der Waals surface area contributed by atoms with Gasteiger partial charge in [0.15, 0.2) is 0 Å². The third-order valence-electron chi connectivity index (χ3n) is 10.9. The fourth-order valence-electron chi connectivity index (χ4n) is 7.29. The van der Waals surface area contributed by atoms with E-state index in [9.17, 15) is 15.0 Å². The molecular weight excluding hydrogens is 639 g/mol. The fourth-order valence-corrected chi connectivity index (χ4v) is 7.29. The van der Waals surface area contributed by atoms with Crippen molar-refractivity contribution in [3.63, 3.8) is 0 Å². The summed E-state index contributed by atoms with van der Waals surface area (Å²) in [5, 5.41) is 23.0. The van der Waals surface area contributed by atoms with Gasteiger partial charge >= 0.3 is 0 Å². The molecule has 0 aromatic heterocycles. The summed E-state index contributed by atoms with van der Waals surface area (Å²) < 4.78 is 0. The Labute approximate surface area is 326 Å². The molecule has 2 unspecified atom stereocenters.